The van der Waals surface area contributed by atoms with Gasteiger partial charge in [0.05, 0.1) is 35.9 Å². The fraction of sp³-hybridized carbons (Fsp3) is 0.488. The summed E-state index contributed by atoms with van der Waals surface area (Å²) in [5.41, 5.74) is 4.71. The number of ether oxygens (including phenoxy) is 2. The molecule has 4 fully saturated rings. The molecule has 0 bridgehead atoms. The highest BCUT2D eigenvalue weighted by Gasteiger charge is 2.70. The zero-order chi connectivity index (χ0) is 37.7. The molecule has 2 N–H and O–H groups in total. The lowest BCUT2D eigenvalue weighted by atomic mass is 9.98. The Kier molecular flexibility index (Phi) is 7.92. The summed E-state index contributed by atoms with van der Waals surface area (Å²) in [5.74, 6) is 8.59. The van der Waals surface area contributed by atoms with Crippen molar-refractivity contribution in [3.8, 4) is 34.4 Å². The number of carbonyl (C=O) groups excluding carboxylic acids is 2. The standard InChI is InChI=1S/C43H50N6O4/c1-25-35-43(25,9)21-33(49(35)39(51)53-41(5,6)7)37-45-24-31(47-37)29-18-14-27(15-19-29)11-10-26-12-16-28(17-13-26)30-23-44-36(46-30)32-20-42(8)22-34(42)48(32)38(50)52-40(2,3)4/h12-19,23-25,32-35H,20-22H2,1-9H3,(H,44,46)(H,45,47)/t25-,32+,33+,34+,35+,42-,43-/m1/s1. The van der Waals surface area contributed by atoms with Gasteiger partial charge in [-0.3, -0.25) is 9.80 Å². The zero-order valence-corrected chi connectivity index (χ0v) is 32.2. The van der Waals surface area contributed by atoms with Gasteiger partial charge in [-0.1, -0.05) is 56.9 Å². The summed E-state index contributed by atoms with van der Waals surface area (Å²) in [6, 6.07) is 16.3. The number of piperidine rings is 2. The maximum atomic E-state index is 13.3. The maximum Gasteiger partial charge on any atom is 0.411 e. The van der Waals surface area contributed by atoms with E-state index in [9.17, 15) is 9.59 Å². The number of aromatic nitrogens is 4. The molecule has 2 aromatic heterocycles. The van der Waals surface area contributed by atoms with E-state index in [-0.39, 0.29) is 47.2 Å². The van der Waals surface area contributed by atoms with Crippen molar-refractivity contribution in [2.24, 2.45) is 16.7 Å². The van der Waals surface area contributed by atoms with Crippen molar-refractivity contribution >= 4 is 12.2 Å². The number of carbonyl (C=O) groups is 2. The highest BCUT2D eigenvalue weighted by atomic mass is 16.6. The van der Waals surface area contributed by atoms with E-state index >= 15 is 0 Å². The Morgan fingerprint density at radius 1 is 0.717 bits per heavy atom. The number of rotatable bonds is 4. The Balaban J connectivity index is 0.918. The van der Waals surface area contributed by atoms with Crippen LogP contribution in [0.2, 0.25) is 0 Å². The minimum Gasteiger partial charge on any atom is -0.444 e. The molecule has 0 spiro atoms. The average Bonchev–Trinajstić information content (AvgIpc) is 3.55. The number of amides is 2. The van der Waals surface area contributed by atoms with Crippen LogP contribution in [0.4, 0.5) is 9.59 Å². The van der Waals surface area contributed by atoms with E-state index < -0.39 is 11.2 Å². The molecule has 10 nitrogen and oxygen atoms in total. The van der Waals surface area contributed by atoms with E-state index in [1.165, 1.54) is 0 Å². The summed E-state index contributed by atoms with van der Waals surface area (Å²) >= 11 is 0. The number of fused-ring (bicyclic) bond motifs is 2. The van der Waals surface area contributed by atoms with Crippen molar-refractivity contribution < 1.29 is 19.1 Å². The first-order valence-electron chi connectivity index (χ1n) is 18.8. The van der Waals surface area contributed by atoms with Crippen LogP contribution in [0.5, 0.6) is 0 Å². The highest BCUT2D eigenvalue weighted by Crippen LogP contribution is 2.67. The van der Waals surface area contributed by atoms with Crippen LogP contribution in [0.15, 0.2) is 60.9 Å². The smallest absolute Gasteiger partial charge is 0.411 e. The normalized spacial score (nSPS) is 28.5. The van der Waals surface area contributed by atoms with Crippen LogP contribution in [0.1, 0.15) is 116 Å². The van der Waals surface area contributed by atoms with Crippen LogP contribution in [0.25, 0.3) is 22.5 Å². The Bertz CT molecular complexity index is 2130. The summed E-state index contributed by atoms with van der Waals surface area (Å²) in [6.45, 7) is 18.1. The third-order valence-electron chi connectivity index (χ3n) is 11.8. The molecule has 7 atom stereocenters. The van der Waals surface area contributed by atoms with E-state index in [1.54, 1.807) is 0 Å². The fourth-order valence-corrected chi connectivity index (χ4v) is 8.63. The van der Waals surface area contributed by atoms with E-state index in [1.807, 2.05) is 112 Å². The van der Waals surface area contributed by atoms with Crippen LogP contribution >= 0.6 is 0 Å². The van der Waals surface area contributed by atoms with Gasteiger partial charge >= 0.3 is 12.2 Å². The largest absolute Gasteiger partial charge is 0.444 e. The third kappa shape index (κ3) is 6.49. The minimum atomic E-state index is -0.560. The van der Waals surface area contributed by atoms with Crippen LogP contribution in [-0.2, 0) is 9.47 Å². The monoisotopic (exact) mass is 714 g/mol. The topological polar surface area (TPSA) is 116 Å². The summed E-state index contributed by atoms with van der Waals surface area (Å²) in [4.78, 5) is 46.7. The van der Waals surface area contributed by atoms with Gasteiger partial charge in [0, 0.05) is 23.2 Å². The Hall–Kier alpha value is -5.04. The third-order valence-corrected chi connectivity index (χ3v) is 11.8. The van der Waals surface area contributed by atoms with Gasteiger partial charge in [-0.25, -0.2) is 19.6 Å². The van der Waals surface area contributed by atoms with Crippen LogP contribution in [0.3, 0.4) is 0 Å². The van der Waals surface area contributed by atoms with Gasteiger partial charge in [0.15, 0.2) is 0 Å². The molecule has 4 aromatic rings. The Morgan fingerprint density at radius 2 is 1.17 bits per heavy atom. The molecule has 4 heterocycles. The van der Waals surface area contributed by atoms with Gasteiger partial charge in [-0.05, 0) is 113 Å². The molecule has 2 amide bonds. The number of hydrogen-bond donors (Lipinski definition) is 2. The van der Waals surface area contributed by atoms with Crippen LogP contribution in [0, 0.1) is 28.6 Å². The van der Waals surface area contributed by atoms with Gasteiger partial charge in [-0.15, -0.1) is 0 Å². The summed E-state index contributed by atoms with van der Waals surface area (Å²) in [5, 5.41) is 0. The van der Waals surface area contributed by atoms with Gasteiger partial charge in [0.2, 0.25) is 0 Å². The number of H-pyrrole nitrogens is 2. The van der Waals surface area contributed by atoms with Crippen molar-refractivity contribution in [3.63, 3.8) is 0 Å². The lowest BCUT2D eigenvalue weighted by Gasteiger charge is -2.30. The van der Waals surface area contributed by atoms with Gasteiger partial charge < -0.3 is 19.4 Å². The number of likely N-dealkylation sites (tertiary alicyclic amines) is 2. The molecule has 53 heavy (non-hydrogen) atoms. The minimum absolute atomic E-state index is 0.0822. The fourth-order valence-electron chi connectivity index (χ4n) is 8.63. The van der Waals surface area contributed by atoms with Crippen molar-refractivity contribution in [3.05, 3.63) is 83.7 Å². The van der Waals surface area contributed by atoms with Crippen molar-refractivity contribution in [1.29, 1.82) is 0 Å². The number of aromatic amines is 2. The van der Waals surface area contributed by atoms with Crippen LogP contribution < -0.4 is 0 Å². The molecule has 2 saturated heterocycles. The highest BCUT2D eigenvalue weighted by molar-refractivity contribution is 5.72. The van der Waals surface area contributed by atoms with Crippen molar-refractivity contribution in [2.75, 3.05) is 0 Å². The first-order valence-corrected chi connectivity index (χ1v) is 18.8. The molecule has 276 valence electrons. The molecule has 2 aliphatic heterocycles. The van der Waals surface area contributed by atoms with E-state index in [4.69, 9.17) is 19.4 Å². The summed E-state index contributed by atoms with van der Waals surface area (Å²) in [6.07, 6.45) is 5.88. The molecule has 2 saturated carbocycles. The average molecular weight is 715 g/mol. The van der Waals surface area contributed by atoms with Gasteiger partial charge in [0.1, 0.15) is 22.9 Å². The number of benzene rings is 2. The molecule has 2 aromatic carbocycles. The SMILES string of the molecule is C[C@@H]1[C@@H]2N(C(=O)OC(C)(C)C)[C@H](c3ncc(-c4ccc(C#Cc5ccc(-c6cnc([C@@H]7C[C@]8(C)C[C@@H]8N7C(=O)OC(C)(C)C)[nH]6)cc5)cc4)[nH]3)C[C@]12C. The lowest BCUT2D eigenvalue weighted by molar-refractivity contribution is 0.0154. The number of nitrogens with one attached hydrogen (secondary N) is 2. The molecule has 4 aliphatic rings. The quantitative estimate of drug-likeness (QED) is 0.204. The van der Waals surface area contributed by atoms with E-state index in [2.05, 4.69) is 42.6 Å². The van der Waals surface area contributed by atoms with Gasteiger partial charge in [0.25, 0.3) is 0 Å². The number of nitrogens with zero attached hydrogens (tertiary/aromatic N) is 4. The Morgan fingerprint density at radius 3 is 1.64 bits per heavy atom. The van der Waals surface area contributed by atoms with E-state index in [0.29, 0.717) is 5.92 Å². The first kappa shape index (κ1) is 35.0. The molecular formula is C43H50N6O4. The maximum absolute atomic E-state index is 13.3. The van der Waals surface area contributed by atoms with Gasteiger partial charge in [-0.2, -0.15) is 0 Å². The molecule has 0 unspecified atom stereocenters. The van der Waals surface area contributed by atoms with E-state index in [0.717, 1.165) is 64.6 Å². The molecule has 0 radical (unpaired) electrons. The predicted molar refractivity (Wildman–Crippen MR) is 202 cm³/mol. The second-order valence-corrected chi connectivity index (χ2v) is 18.1. The second kappa shape index (κ2) is 12.0. The lowest BCUT2D eigenvalue weighted by Crippen LogP contribution is -2.39. The second-order valence-electron chi connectivity index (χ2n) is 18.1. The summed E-state index contributed by atoms with van der Waals surface area (Å²) < 4.78 is 11.6. The molecule has 8 rings (SSSR count). The summed E-state index contributed by atoms with van der Waals surface area (Å²) in [7, 11) is 0. The molecule has 2 aliphatic carbocycles. The number of hydrogen-bond acceptors (Lipinski definition) is 6. The molecule has 10 heteroatoms. The predicted octanol–water partition coefficient (Wildman–Crippen LogP) is 9.03. The van der Waals surface area contributed by atoms with Crippen LogP contribution in [-0.4, -0.2) is 65.2 Å². The van der Waals surface area contributed by atoms with Crippen molar-refractivity contribution in [1.82, 2.24) is 29.7 Å². The van der Waals surface area contributed by atoms with Crippen molar-refractivity contribution in [2.45, 2.75) is 117 Å². The first-order chi connectivity index (χ1) is 24.9. The Labute approximate surface area is 312 Å². The number of imidazole rings is 2. The molecular weight excluding hydrogens is 665 g/mol. The zero-order valence-electron chi connectivity index (χ0n) is 32.2.